The van der Waals surface area contributed by atoms with Gasteiger partial charge in [0.15, 0.2) is 0 Å². The van der Waals surface area contributed by atoms with Gasteiger partial charge in [0.05, 0.1) is 24.6 Å². The first-order chi connectivity index (χ1) is 11.8. The van der Waals surface area contributed by atoms with E-state index >= 15 is 0 Å². The predicted octanol–water partition coefficient (Wildman–Crippen LogP) is 1.63. The number of nitrogens with one attached hydrogen (secondary N) is 1. The van der Waals surface area contributed by atoms with E-state index in [1.54, 1.807) is 6.20 Å². The Bertz CT molecular complexity index is 677. The lowest BCUT2D eigenvalue weighted by molar-refractivity contribution is 0.0374. The lowest BCUT2D eigenvalue weighted by Crippen LogP contribution is -2.38. The SMILES string of the molecule is Cc1ncccc1-n1cccc1C(=O)NCCCN1CCOCC1. The Kier molecular flexibility index (Phi) is 5.61. The lowest BCUT2D eigenvalue weighted by atomic mass is 10.3. The number of amides is 1. The summed E-state index contributed by atoms with van der Waals surface area (Å²) in [4.78, 5) is 19.1. The second kappa shape index (κ2) is 8.08. The van der Waals surface area contributed by atoms with Crippen LogP contribution < -0.4 is 5.32 Å². The van der Waals surface area contributed by atoms with Gasteiger partial charge in [-0.1, -0.05) is 0 Å². The zero-order valence-corrected chi connectivity index (χ0v) is 14.1. The van der Waals surface area contributed by atoms with Gasteiger partial charge in [-0.25, -0.2) is 0 Å². The minimum absolute atomic E-state index is 0.0507. The third kappa shape index (κ3) is 4.01. The van der Waals surface area contributed by atoms with E-state index < -0.39 is 0 Å². The summed E-state index contributed by atoms with van der Waals surface area (Å²) in [5.41, 5.74) is 2.47. The molecule has 24 heavy (non-hydrogen) atoms. The fourth-order valence-corrected chi connectivity index (χ4v) is 2.93. The van der Waals surface area contributed by atoms with Gasteiger partial charge >= 0.3 is 0 Å². The third-order valence-corrected chi connectivity index (χ3v) is 4.26. The first-order valence-corrected chi connectivity index (χ1v) is 8.43. The summed E-state index contributed by atoms with van der Waals surface area (Å²) in [7, 11) is 0. The van der Waals surface area contributed by atoms with Crippen LogP contribution in [-0.4, -0.2) is 59.8 Å². The van der Waals surface area contributed by atoms with E-state index in [-0.39, 0.29) is 5.91 Å². The molecule has 0 aromatic carbocycles. The van der Waals surface area contributed by atoms with Crippen LogP contribution in [0.5, 0.6) is 0 Å². The van der Waals surface area contributed by atoms with E-state index in [2.05, 4.69) is 15.2 Å². The molecule has 2 aromatic rings. The summed E-state index contributed by atoms with van der Waals surface area (Å²) in [5.74, 6) is -0.0507. The molecule has 0 radical (unpaired) electrons. The van der Waals surface area contributed by atoms with Crippen molar-refractivity contribution in [2.24, 2.45) is 0 Å². The maximum Gasteiger partial charge on any atom is 0.268 e. The van der Waals surface area contributed by atoms with Crippen LogP contribution in [0, 0.1) is 6.92 Å². The number of hydrogen-bond acceptors (Lipinski definition) is 4. The van der Waals surface area contributed by atoms with Gasteiger partial charge in [0.1, 0.15) is 5.69 Å². The van der Waals surface area contributed by atoms with Crippen molar-refractivity contribution in [3.8, 4) is 5.69 Å². The summed E-state index contributed by atoms with van der Waals surface area (Å²) < 4.78 is 7.23. The van der Waals surface area contributed by atoms with Crippen molar-refractivity contribution in [3.05, 3.63) is 48.0 Å². The van der Waals surface area contributed by atoms with Gasteiger partial charge in [-0.05, 0) is 44.2 Å². The molecule has 1 amide bonds. The van der Waals surface area contributed by atoms with Crippen molar-refractivity contribution in [2.75, 3.05) is 39.4 Å². The second-order valence-corrected chi connectivity index (χ2v) is 5.93. The van der Waals surface area contributed by atoms with Gasteiger partial charge in [0, 0.05) is 32.0 Å². The molecule has 3 rings (SSSR count). The van der Waals surface area contributed by atoms with Crippen LogP contribution in [-0.2, 0) is 4.74 Å². The molecular formula is C18H24N4O2. The highest BCUT2D eigenvalue weighted by molar-refractivity contribution is 5.93. The largest absolute Gasteiger partial charge is 0.379 e. The molecule has 6 heteroatoms. The van der Waals surface area contributed by atoms with E-state index in [0.29, 0.717) is 12.2 Å². The molecule has 1 saturated heterocycles. The minimum atomic E-state index is -0.0507. The Morgan fingerprint density at radius 1 is 1.29 bits per heavy atom. The van der Waals surface area contributed by atoms with Crippen LogP contribution in [0.4, 0.5) is 0 Å². The fourth-order valence-electron chi connectivity index (χ4n) is 2.93. The Labute approximate surface area is 142 Å². The monoisotopic (exact) mass is 328 g/mol. The van der Waals surface area contributed by atoms with Gasteiger partial charge in [0.25, 0.3) is 5.91 Å². The van der Waals surface area contributed by atoms with Crippen LogP contribution in [0.15, 0.2) is 36.7 Å². The van der Waals surface area contributed by atoms with Gasteiger partial charge in [0.2, 0.25) is 0 Å². The lowest BCUT2D eigenvalue weighted by Gasteiger charge is -2.26. The maximum atomic E-state index is 12.5. The number of aryl methyl sites for hydroxylation is 1. The van der Waals surface area contributed by atoms with Gasteiger partial charge in [-0.3, -0.25) is 14.7 Å². The zero-order chi connectivity index (χ0) is 16.8. The summed E-state index contributed by atoms with van der Waals surface area (Å²) in [6, 6.07) is 7.57. The zero-order valence-electron chi connectivity index (χ0n) is 14.1. The number of aromatic nitrogens is 2. The fraction of sp³-hybridized carbons (Fsp3) is 0.444. The van der Waals surface area contributed by atoms with Crippen molar-refractivity contribution >= 4 is 5.91 Å². The minimum Gasteiger partial charge on any atom is -0.379 e. The number of carbonyl (C=O) groups excluding carboxylic acids is 1. The normalized spacial score (nSPS) is 15.4. The molecule has 2 aromatic heterocycles. The smallest absolute Gasteiger partial charge is 0.268 e. The number of rotatable bonds is 6. The number of hydrogen-bond donors (Lipinski definition) is 1. The number of carbonyl (C=O) groups is 1. The second-order valence-electron chi connectivity index (χ2n) is 5.93. The summed E-state index contributed by atoms with van der Waals surface area (Å²) >= 11 is 0. The Morgan fingerprint density at radius 2 is 2.12 bits per heavy atom. The molecule has 0 unspecified atom stereocenters. The number of morpholine rings is 1. The van der Waals surface area contributed by atoms with Crippen molar-refractivity contribution < 1.29 is 9.53 Å². The molecule has 0 spiro atoms. The van der Waals surface area contributed by atoms with Crippen molar-refractivity contribution in [2.45, 2.75) is 13.3 Å². The van der Waals surface area contributed by atoms with Crippen LogP contribution in [0.2, 0.25) is 0 Å². The highest BCUT2D eigenvalue weighted by atomic mass is 16.5. The first-order valence-electron chi connectivity index (χ1n) is 8.43. The number of nitrogens with zero attached hydrogens (tertiary/aromatic N) is 3. The van der Waals surface area contributed by atoms with Crippen molar-refractivity contribution in [3.63, 3.8) is 0 Å². The number of ether oxygens (including phenoxy) is 1. The van der Waals surface area contributed by atoms with E-state index in [9.17, 15) is 4.79 Å². The van der Waals surface area contributed by atoms with Crippen LogP contribution in [0.25, 0.3) is 5.69 Å². The molecule has 6 nitrogen and oxygen atoms in total. The summed E-state index contributed by atoms with van der Waals surface area (Å²) in [6.45, 7) is 7.20. The first kappa shape index (κ1) is 16.7. The molecule has 0 aliphatic carbocycles. The Hall–Kier alpha value is -2.18. The van der Waals surface area contributed by atoms with Gasteiger partial charge in [-0.2, -0.15) is 0 Å². The van der Waals surface area contributed by atoms with Gasteiger partial charge in [-0.15, -0.1) is 0 Å². The number of pyridine rings is 1. The average Bonchev–Trinajstić information content (AvgIpc) is 3.09. The van der Waals surface area contributed by atoms with E-state index in [1.807, 2.05) is 42.0 Å². The molecule has 1 aliphatic heterocycles. The maximum absolute atomic E-state index is 12.5. The Balaban J connectivity index is 1.54. The van der Waals surface area contributed by atoms with E-state index in [4.69, 9.17) is 4.74 Å². The molecule has 0 atom stereocenters. The van der Waals surface area contributed by atoms with Crippen molar-refractivity contribution in [1.29, 1.82) is 0 Å². The molecule has 0 bridgehead atoms. The topological polar surface area (TPSA) is 59.4 Å². The molecular weight excluding hydrogens is 304 g/mol. The predicted molar refractivity (Wildman–Crippen MR) is 92.5 cm³/mol. The summed E-state index contributed by atoms with van der Waals surface area (Å²) in [6.07, 6.45) is 4.60. The van der Waals surface area contributed by atoms with Crippen molar-refractivity contribution in [1.82, 2.24) is 19.8 Å². The standard InChI is InChI=1S/C18H24N4O2/c1-15-16(5-2-7-19-15)22-10-3-6-17(22)18(23)20-8-4-9-21-11-13-24-14-12-21/h2-3,5-7,10H,4,8-9,11-14H2,1H3,(H,20,23). The van der Waals surface area contributed by atoms with Gasteiger partial charge < -0.3 is 14.6 Å². The quantitative estimate of drug-likeness (QED) is 0.819. The molecule has 3 heterocycles. The molecule has 0 saturated carbocycles. The van der Waals surface area contributed by atoms with Crippen LogP contribution in [0.3, 0.4) is 0 Å². The highest BCUT2D eigenvalue weighted by Gasteiger charge is 2.14. The molecule has 1 aliphatic rings. The Morgan fingerprint density at radius 3 is 2.92 bits per heavy atom. The van der Waals surface area contributed by atoms with Crippen LogP contribution >= 0.6 is 0 Å². The summed E-state index contributed by atoms with van der Waals surface area (Å²) in [5, 5.41) is 3.02. The highest BCUT2D eigenvalue weighted by Crippen LogP contribution is 2.15. The van der Waals surface area contributed by atoms with E-state index in [0.717, 1.165) is 50.7 Å². The third-order valence-electron chi connectivity index (χ3n) is 4.26. The molecule has 1 fully saturated rings. The van der Waals surface area contributed by atoms with E-state index in [1.165, 1.54) is 0 Å². The van der Waals surface area contributed by atoms with Crippen LogP contribution in [0.1, 0.15) is 22.6 Å². The molecule has 1 N–H and O–H groups in total. The average molecular weight is 328 g/mol. The molecule has 128 valence electrons.